The Kier molecular flexibility index (Phi) is 3.39. The van der Waals surface area contributed by atoms with Gasteiger partial charge in [0, 0.05) is 19.4 Å². The van der Waals surface area contributed by atoms with E-state index in [9.17, 15) is 14.4 Å². The van der Waals surface area contributed by atoms with Crippen LogP contribution in [0.2, 0.25) is 0 Å². The molecule has 1 aliphatic carbocycles. The van der Waals surface area contributed by atoms with Gasteiger partial charge in [-0.05, 0) is 20.8 Å². The van der Waals surface area contributed by atoms with Gasteiger partial charge in [0.2, 0.25) is 0 Å². The first-order chi connectivity index (χ1) is 6.90. The van der Waals surface area contributed by atoms with E-state index in [-0.39, 0.29) is 24.4 Å². The number of hydrogen-bond donors (Lipinski definition) is 0. The topological polar surface area (TPSA) is 60.4 Å². The molecule has 0 atom stereocenters. The first-order valence-electron chi connectivity index (χ1n) is 5.14. The largest absolute Gasteiger partial charge is 0.368 e. The van der Waals surface area contributed by atoms with Crippen LogP contribution in [0.5, 0.6) is 0 Å². The van der Waals surface area contributed by atoms with Crippen LogP contribution in [0.4, 0.5) is 0 Å². The van der Waals surface area contributed by atoms with Gasteiger partial charge in [-0.1, -0.05) is 0 Å². The first-order valence-corrected chi connectivity index (χ1v) is 5.14. The third-order valence-corrected chi connectivity index (χ3v) is 2.62. The third kappa shape index (κ3) is 2.31. The van der Waals surface area contributed by atoms with Crippen LogP contribution in [0.15, 0.2) is 0 Å². The Balaban J connectivity index is 2.84. The number of Topliss-reactive ketones (excluding diaryl/α,β-unsaturated/α-hetero) is 3. The summed E-state index contributed by atoms with van der Waals surface area (Å²) >= 11 is 0. The number of carbonyl (C=O) groups excluding carboxylic acids is 3. The van der Waals surface area contributed by atoms with Crippen molar-refractivity contribution in [2.24, 2.45) is 5.92 Å². The fourth-order valence-corrected chi connectivity index (χ4v) is 1.79. The van der Waals surface area contributed by atoms with E-state index in [1.807, 2.05) is 0 Å². The Hall–Kier alpha value is -1.03. The van der Waals surface area contributed by atoms with Gasteiger partial charge in [-0.2, -0.15) is 0 Å². The lowest BCUT2D eigenvalue weighted by molar-refractivity contribution is -0.149. The Morgan fingerprint density at radius 1 is 1.33 bits per heavy atom. The molecule has 0 aromatic heterocycles. The van der Waals surface area contributed by atoms with Crippen molar-refractivity contribution in [1.29, 1.82) is 0 Å². The summed E-state index contributed by atoms with van der Waals surface area (Å²) in [5.74, 6) is -2.01. The molecule has 0 radical (unpaired) electrons. The summed E-state index contributed by atoms with van der Waals surface area (Å²) in [4.78, 5) is 34.7. The highest BCUT2D eigenvalue weighted by Gasteiger charge is 2.45. The Morgan fingerprint density at radius 3 is 2.20 bits per heavy atom. The molecule has 4 nitrogen and oxygen atoms in total. The molecule has 0 amide bonds. The second-order valence-electron chi connectivity index (χ2n) is 4.17. The summed E-state index contributed by atoms with van der Waals surface area (Å²) in [7, 11) is 0. The maximum absolute atomic E-state index is 11.9. The molecule has 0 aliphatic heterocycles. The van der Waals surface area contributed by atoms with Crippen LogP contribution in [-0.2, 0) is 19.1 Å². The van der Waals surface area contributed by atoms with E-state index >= 15 is 0 Å². The zero-order valence-corrected chi connectivity index (χ0v) is 9.33. The Bertz CT molecular complexity index is 288. The molecule has 1 saturated carbocycles. The molecule has 0 bridgehead atoms. The highest BCUT2D eigenvalue weighted by Crippen LogP contribution is 2.25. The lowest BCUT2D eigenvalue weighted by Gasteiger charge is -2.24. The Labute approximate surface area is 89.0 Å². The van der Waals surface area contributed by atoms with Crippen LogP contribution in [0.25, 0.3) is 0 Å². The smallest absolute Gasteiger partial charge is 0.181 e. The summed E-state index contributed by atoms with van der Waals surface area (Å²) in [6.07, 6.45) is 0.384. The molecule has 4 heteroatoms. The summed E-state index contributed by atoms with van der Waals surface area (Å²) in [6, 6.07) is 0. The molecule has 1 fully saturated rings. The van der Waals surface area contributed by atoms with Gasteiger partial charge in [0.15, 0.2) is 17.3 Å². The van der Waals surface area contributed by atoms with Crippen molar-refractivity contribution in [1.82, 2.24) is 0 Å². The number of carbonyl (C=O) groups is 3. The molecule has 0 aromatic rings. The summed E-state index contributed by atoms with van der Waals surface area (Å²) in [5.41, 5.74) is -1.05. The monoisotopic (exact) mass is 212 g/mol. The third-order valence-electron chi connectivity index (χ3n) is 2.62. The lowest BCUT2D eigenvalue weighted by atomic mass is 9.89. The summed E-state index contributed by atoms with van der Waals surface area (Å²) in [6.45, 7) is 5.34. The SMILES string of the molecule is CCOC(C)(C)C(=O)C1C(=O)CCC1=O. The van der Waals surface area contributed by atoms with Gasteiger partial charge in [-0.3, -0.25) is 14.4 Å². The normalized spacial score (nSPS) is 18.6. The van der Waals surface area contributed by atoms with E-state index in [1.54, 1.807) is 20.8 Å². The van der Waals surface area contributed by atoms with Gasteiger partial charge < -0.3 is 4.74 Å². The van der Waals surface area contributed by atoms with Crippen molar-refractivity contribution in [3.05, 3.63) is 0 Å². The predicted octanol–water partition coefficient (Wildman–Crippen LogP) is 0.919. The molecule has 0 saturated heterocycles. The molecule has 0 spiro atoms. The summed E-state index contributed by atoms with van der Waals surface area (Å²) < 4.78 is 5.25. The number of rotatable bonds is 4. The van der Waals surface area contributed by atoms with E-state index in [0.29, 0.717) is 6.61 Å². The second kappa shape index (κ2) is 4.23. The van der Waals surface area contributed by atoms with Crippen molar-refractivity contribution in [2.45, 2.75) is 39.2 Å². The molecular weight excluding hydrogens is 196 g/mol. The molecular formula is C11H16O4. The van der Waals surface area contributed by atoms with Crippen molar-refractivity contribution in [3.8, 4) is 0 Å². The van der Waals surface area contributed by atoms with E-state index in [4.69, 9.17) is 4.74 Å². The molecule has 0 heterocycles. The predicted molar refractivity (Wildman–Crippen MR) is 53.5 cm³/mol. The van der Waals surface area contributed by atoms with Crippen molar-refractivity contribution in [2.75, 3.05) is 6.61 Å². The van der Waals surface area contributed by atoms with Gasteiger partial charge in [0.25, 0.3) is 0 Å². The van der Waals surface area contributed by atoms with Gasteiger partial charge in [0.1, 0.15) is 11.5 Å². The van der Waals surface area contributed by atoms with E-state index in [1.165, 1.54) is 0 Å². The molecule has 84 valence electrons. The van der Waals surface area contributed by atoms with Crippen LogP contribution in [0, 0.1) is 5.92 Å². The summed E-state index contributed by atoms with van der Waals surface area (Å²) in [5, 5.41) is 0. The van der Waals surface area contributed by atoms with Crippen LogP contribution in [-0.4, -0.2) is 29.6 Å². The fraction of sp³-hybridized carbons (Fsp3) is 0.727. The minimum atomic E-state index is -1.08. The average Bonchev–Trinajstić information content (AvgIpc) is 2.45. The molecule has 0 unspecified atom stereocenters. The second-order valence-corrected chi connectivity index (χ2v) is 4.17. The van der Waals surface area contributed by atoms with Gasteiger partial charge in [-0.25, -0.2) is 0 Å². The molecule has 0 N–H and O–H groups in total. The lowest BCUT2D eigenvalue weighted by Crippen LogP contribution is -2.43. The van der Waals surface area contributed by atoms with E-state index < -0.39 is 17.3 Å². The average molecular weight is 212 g/mol. The van der Waals surface area contributed by atoms with E-state index in [0.717, 1.165) is 0 Å². The minimum Gasteiger partial charge on any atom is -0.368 e. The standard InChI is InChI=1S/C11H16O4/c1-4-15-11(2,3)10(14)9-7(12)5-6-8(9)13/h9H,4-6H2,1-3H3. The van der Waals surface area contributed by atoms with Crippen molar-refractivity contribution < 1.29 is 19.1 Å². The Morgan fingerprint density at radius 2 is 1.80 bits per heavy atom. The minimum absolute atomic E-state index is 0.192. The molecule has 0 aromatic carbocycles. The van der Waals surface area contributed by atoms with Crippen LogP contribution in [0.1, 0.15) is 33.6 Å². The highest BCUT2D eigenvalue weighted by molar-refractivity contribution is 6.24. The molecule has 1 rings (SSSR count). The van der Waals surface area contributed by atoms with Crippen LogP contribution in [0.3, 0.4) is 0 Å². The molecule has 15 heavy (non-hydrogen) atoms. The quantitative estimate of drug-likeness (QED) is 0.650. The number of ketones is 3. The van der Waals surface area contributed by atoms with Crippen LogP contribution < -0.4 is 0 Å². The number of ether oxygens (including phenoxy) is 1. The first kappa shape index (κ1) is 12.0. The van der Waals surface area contributed by atoms with Crippen molar-refractivity contribution >= 4 is 17.3 Å². The maximum atomic E-state index is 11.9. The number of hydrogen-bond acceptors (Lipinski definition) is 4. The molecule has 1 aliphatic rings. The highest BCUT2D eigenvalue weighted by atomic mass is 16.5. The van der Waals surface area contributed by atoms with Gasteiger partial charge >= 0.3 is 0 Å². The zero-order chi connectivity index (χ0) is 11.6. The van der Waals surface area contributed by atoms with E-state index in [2.05, 4.69) is 0 Å². The van der Waals surface area contributed by atoms with Crippen molar-refractivity contribution in [3.63, 3.8) is 0 Å². The maximum Gasteiger partial charge on any atom is 0.181 e. The van der Waals surface area contributed by atoms with Gasteiger partial charge in [-0.15, -0.1) is 0 Å². The fourth-order valence-electron chi connectivity index (χ4n) is 1.79. The van der Waals surface area contributed by atoms with Gasteiger partial charge in [0.05, 0.1) is 0 Å². The zero-order valence-electron chi connectivity index (χ0n) is 9.33. The van der Waals surface area contributed by atoms with Crippen LogP contribution >= 0.6 is 0 Å².